The van der Waals surface area contributed by atoms with E-state index in [1.54, 1.807) is 12.0 Å². The lowest BCUT2D eigenvalue weighted by atomic mass is 10.1. The van der Waals surface area contributed by atoms with Gasteiger partial charge < -0.3 is 9.47 Å². The molecule has 2 aromatic carbocycles. The Morgan fingerprint density at radius 2 is 1.76 bits per heavy atom. The second-order valence-corrected chi connectivity index (χ2v) is 8.75. The normalized spacial score (nSPS) is 17.1. The maximum atomic E-state index is 5.88. The molecule has 2 nitrogen and oxygen atoms in total. The molecule has 1 fully saturated rings. The molecule has 0 aromatic heterocycles. The van der Waals surface area contributed by atoms with E-state index in [1.165, 1.54) is 33.8 Å². The van der Waals surface area contributed by atoms with Crippen LogP contribution in [0.5, 0.6) is 5.75 Å². The Hall–Kier alpha value is -0.840. The molecular weight excluding hydrogens is 300 g/mol. The predicted molar refractivity (Wildman–Crippen MR) is 95.6 cm³/mol. The number of hydrogen-bond donors (Lipinski definition) is 1. The van der Waals surface area contributed by atoms with Crippen LogP contribution in [0.1, 0.15) is 0 Å². The third-order valence-corrected chi connectivity index (χ3v) is 7.95. The van der Waals surface area contributed by atoms with Crippen LogP contribution in [-0.2, 0) is 4.74 Å². The van der Waals surface area contributed by atoms with E-state index in [9.17, 15) is 0 Å². The first-order chi connectivity index (χ1) is 10.4. The molecular formula is C17H22O2S2. The van der Waals surface area contributed by atoms with E-state index < -0.39 is 0 Å². The topological polar surface area (TPSA) is 18.5 Å². The van der Waals surface area contributed by atoms with Crippen LogP contribution in [0.4, 0.5) is 0 Å². The largest absolute Gasteiger partial charge is 0.491 e. The fraction of sp³-hybridized carbons (Fsp3) is 0.412. The molecule has 3 rings (SSSR count). The Kier molecular flexibility index (Phi) is 5.33. The van der Waals surface area contributed by atoms with Crippen LogP contribution in [0.3, 0.4) is 0 Å². The fourth-order valence-electron chi connectivity index (χ4n) is 2.70. The molecule has 1 saturated heterocycles. The van der Waals surface area contributed by atoms with Gasteiger partial charge in [0.05, 0.1) is 6.61 Å². The van der Waals surface area contributed by atoms with E-state index >= 15 is 0 Å². The van der Waals surface area contributed by atoms with Crippen molar-refractivity contribution < 1.29 is 9.47 Å². The molecule has 21 heavy (non-hydrogen) atoms. The van der Waals surface area contributed by atoms with Gasteiger partial charge in [-0.1, -0.05) is 24.3 Å². The van der Waals surface area contributed by atoms with Crippen molar-refractivity contribution in [3.05, 3.63) is 36.4 Å². The lowest BCUT2D eigenvalue weighted by molar-refractivity contribution is 0.147. The summed E-state index contributed by atoms with van der Waals surface area (Å²) in [6.07, 6.45) is 0. The van der Waals surface area contributed by atoms with Crippen molar-refractivity contribution in [3.8, 4) is 5.75 Å². The molecule has 1 aliphatic heterocycles. The van der Waals surface area contributed by atoms with Gasteiger partial charge in [0.2, 0.25) is 0 Å². The summed E-state index contributed by atoms with van der Waals surface area (Å²) in [5, 5.41) is 2.62. The van der Waals surface area contributed by atoms with Gasteiger partial charge in [0.1, 0.15) is 12.4 Å². The molecule has 0 saturated carbocycles. The van der Waals surface area contributed by atoms with Gasteiger partial charge in [0, 0.05) is 24.0 Å². The Bertz CT molecular complexity index is 594. The quantitative estimate of drug-likeness (QED) is 0.664. The van der Waals surface area contributed by atoms with Crippen LogP contribution in [0.2, 0.25) is 0 Å². The molecule has 4 heteroatoms. The van der Waals surface area contributed by atoms with Crippen LogP contribution in [0.25, 0.3) is 10.8 Å². The van der Waals surface area contributed by atoms with Gasteiger partial charge >= 0.3 is 0 Å². The van der Waals surface area contributed by atoms with Crippen molar-refractivity contribution in [2.75, 3.05) is 43.3 Å². The Morgan fingerprint density at radius 3 is 2.52 bits per heavy atom. The van der Waals surface area contributed by atoms with Gasteiger partial charge in [-0.2, -0.15) is 11.8 Å². The minimum absolute atomic E-state index is 0.00392. The van der Waals surface area contributed by atoms with Crippen molar-refractivity contribution in [1.82, 2.24) is 0 Å². The molecule has 0 radical (unpaired) electrons. The van der Waals surface area contributed by atoms with Gasteiger partial charge in [-0.05, 0) is 33.9 Å². The zero-order valence-electron chi connectivity index (χ0n) is 12.4. The zero-order valence-corrected chi connectivity index (χ0v) is 14.1. The summed E-state index contributed by atoms with van der Waals surface area (Å²) in [5.41, 5.74) is 0. The van der Waals surface area contributed by atoms with Crippen LogP contribution in [0, 0.1) is 0 Å². The molecule has 0 N–H and O–H groups in total. The summed E-state index contributed by atoms with van der Waals surface area (Å²) in [6, 6.07) is 13.1. The Morgan fingerprint density at radius 1 is 1.00 bits per heavy atom. The van der Waals surface area contributed by atoms with Crippen molar-refractivity contribution in [1.29, 1.82) is 0 Å². The predicted octanol–water partition coefficient (Wildman–Crippen LogP) is 3.97. The second-order valence-electron chi connectivity index (χ2n) is 5.07. The van der Waals surface area contributed by atoms with E-state index in [-0.39, 0.29) is 10.9 Å². The summed E-state index contributed by atoms with van der Waals surface area (Å²) >= 11 is 2.09. The van der Waals surface area contributed by atoms with Gasteiger partial charge in [-0.3, -0.25) is 0 Å². The average Bonchev–Trinajstić information content (AvgIpc) is 2.56. The van der Waals surface area contributed by atoms with Gasteiger partial charge in [0.25, 0.3) is 0 Å². The molecule has 0 amide bonds. The van der Waals surface area contributed by atoms with E-state index in [4.69, 9.17) is 9.47 Å². The van der Waals surface area contributed by atoms with Crippen molar-refractivity contribution in [2.45, 2.75) is 4.90 Å². The van der Waals surface area contributed by atoms with E-state index in [1.807, 2.05) is 0 Å². The number of thiol groups is 1. The minimum atomic E-state index is 0.00392. The number of methoxy groups -OCH3 is 1. The number of fused-ring (bicyclic) bond motifs is 1. The Labute approximate surface area is 133 Å². The smallest absolute Gasteiger partial charge is 0.127 e. The minimum Gasteiger partial charge on any atom is -0.491 e. The monoisotopic (exact) mass is 322 g/mol. The lowest BCUT2D eigenvalue weighted by Gasteiger charge is -2.27. The first-order valence-electron chi connectivity index (χ1n) is 7.36. The maximum Gasteiger partial charge on any atom is 0.127 e. The van der Waals surface area contributed by atoms with E-state index in [0.717, 1.165) is 5.75 Å². The van der Waals surface area contributed by atoms with E-state index in [0.29, 0.717) is 13.2 Å². The maximum absolute atomic E-state index is 5.88. The molecule has 2 aromatic rings. The zero-order chi connectivity index (χ0) is 14.5. The third-order valence-electron chi connectivity index (χ3n) is 3.76. The molecule has 114 valence electrons. The molecule has 0 spiro atoms. The Balaban J connectivity index is 1.93. The van der Waals surface area contributed by atoms with Gasteiger partial charge in [-0.15, -0.1) is 0 Å². The first-order valence-corrected chi connectivity index (χ1v) is 10.2. The standard InChI is InChI=1S/C17H22O2S2/c1-18-8-9-19-16-6-7-17(21-12-10-20-11-13-21)15-5-3-2-4-14(15)16/h2-7,21H,8-13H2,1H3. The summed E-state index contributed by atoms with van der Waals surface area (Å²) in [7, 11) is 1.71. The van der Waals surface area contributed by atoms with Gasteiger partial charge in [0.15, 0.2) is 0 Å². The number of ether oxygens (including phenoxy) is 2. The van der Waals surface area contributed by atoms with Crippen molar-refractivity contribution in [2.24, 2.45) is 0 Å². The van der Waals surface area contributed by atoms with Crippen LogP contribution >= 0.6 is 22.7 Å². The molecule has 0 bridgehead atoms. The molecule has 0 unspecified atom stereocenters. The highest BCUT2D eigenvalue weighted by molar-refractivity contribution is 8.19. The highest BCUT2D eigenvalue weighted by Gasteiger charge is 2.16. The first kappa shape index (κ1) is 15.1. The van der Waals surface area contributed by atoms with Crippen molar-refractivity contribution >= 4 is 33.4 Å². The number of thioether (sulfide) groups is 1. The highest BCUT2D eigenvalue weighted by Crippen LogP contribution is 2.45. The van der Waals surface area contributed by atoms with Crippen LogP contribution in [0.15, 0.2) is 41.3 Å². The van der Waals surface area contributed by atoms with E-state index in [2.05, 4.69) is 48.2 Å². The summed E-state index contributed by atoms with van der Waals surface area (Å²) in [4.78, 5) is 1.56. The lowest BCUT2D eigenvalue weighted by Crippen LogP contribution is -2.08. The SMILES string of the molecule is COCCOc1ccc([SH]2CCSCC2)c2ccccc12. The number of rotatable bonds is 5. The highest BCUT2D eigenvalue weighted by atomic mass is 32.2. The summed E-state index contributed by atoms with van der Waals surface area (Å²) in [6.45, 7) is 1.23. The summed E-state index contributed by atoms with van der Waals surface area (Å²) in [5.74, 6) is 6.31. The molecule has 0 aliphatic carbocycles. The fourth-order valence-corrected chi connectivity index (χ4v) is 7.22. The van der Waals surface area contributed by atoms with Crippen LogP contribution < -0.4 is 4.74 Å². The van der Waals surface area contributed by atoms with Gasteiger partial charge in [-0.25, -0.2) is 10.9 Å². The summed E-state index contributed by atoms with van der Waals surface area (Å²) < 4.78 is 11.0. The number of hydrogen-bond acceptors (Lipinski definition) is 3. The number of benzene rings is 2. The van der Waals surface area contributed by atoms with Crippen molar-refractivity contribution in [3.63, 3.8) is 0 Å². The molecule has 1 aliphatic rings. The average molecular weight is 322 g/mol. The van der Waals surface area contributed by atoms with Crippen LogP contribution in [-0.4, -0.2) is 43.3 Å². The molecule has 1 heterocycles. The molecule has 0 atom stereocenters. The second kappa shape index (κ2) is 7.43. The third kappa shape index (κ3) is 3.50.